The maximum atomic E-state index is 12.3. The Bertz CT molecular complexity index is 883. The van der Waals surface area contributed by atoms with E-state index in [1.54, 1.807) is 6.07 Å². The molecule has 0 saturated carbocycles. The van der Waals surface area contributed by atoms with E-state index in [1.807, 2.05) is 37.3 Å². The maximum Gasteiger partial charge on any atom is 0.283 e. The van der Waals surface area contributed by atoms with Gasteiger partial charge in [0.15, 0.2) is 0 Å². The zero-order chi connectivity index (χ0) is 15.7. The van der Waals surface area contributed by atoms with Gasteiger partial charge in [0.2, 0.25) is 0 Å². The van der Waals surface area contributed by atoms with Crippen LogP contribution in [0.5, 0.6) is 0 Å². The van der Waals surface area contributed by atoms with Gasteiger partial charge in [0.05, 0.1) is 19.9 Å². The van der Waals surface area contributed by atoms with E-state index < -0.39 is 0 Å². The van der Waals surface area contributed by atoms with Crippen LogP contribution in [0.4, 0.5) is 0 Å². The zero-order valence-electron chi connectivity index (χ0n) is 11.4. The Balaban J connectivity index is 1.83. The Hall–Kier alpha value is -1.40. The van der Waals surface area contributed by atoms with Crippen LogP contribution in [0.25, 0.3) is 10.1 Å². The maximum absolute atomic E-state index is 12.3. The van der Waals surface area contributed by atoms with Crippen LogP contribution in [-0.2, 0) is 0 Å². The van der Waals surface area contributed by atoms with E-state index >= 15 is 0 Å². The average Bonchev–Trinajstić information content (AvgIpc) is 3.09. The summed E-state index contributed by atoms with van der Waals surface area (Å²) < 4.78 is 1.66. The summed E-state index contributed by atoms with van der Waals surface area (Å²) in [4.78, 5) is 13.6. The SMILES string of the molecule is C/C(=N/NC(=O)c1sc2ccccc2c1Cl)c1ccc(Cl)s1. The largest absolute Gasteiger partial charge is 0.283 e. The van der Waals surface area contributed by atoms with Crippen LogP contribution in [0.1, 0.15) is 21.5 Å². The highest BCUT2D eigenvalue weighted by Crippen LogP contribution is 2.35. The van der Waals surface area contributed by atoms with Crippen LogP contribution in [0.3, 0.4) is 0 Å². The van der Waals surface area contributed by atoms with Crippen LogP contribution >= 0.6 is 45.9 Å². The number of thiophene rings is 2. The van der Waals surface area contributed by atoms with Crippen LogP contribution in [0.15, 0.2) is 41.5 Å². The number of hydrogen-bond donors (Lipinski definition) is 1. The lowest BCUT2D eigenvalue weighted by molar-refractivity contribution is 0.0959. The zero-order valence-corrected chi connectivity index (χ0v) is 14.5. The van der Waals surface area contributed by atoms with Crippen LogP contribution in [0.2, 0.25) is 9.36 Å². The smallest absolute Gasteiger partial charge is 0.266 e. The Morgan fingerprint density at radius 3 is 2.59 bits per heavy atom. The van der Waals surface area contributed by atoms with Gasteiger partial charge in [-0.3, -0.25) is 4.79 Å². The summed E-state index contributed by atoms with van der Waals surface area (Å²) in [6.07, 6.45) is 0. The van der Waals surface area contributed by atoms with E-state index in [9.17, 15) is 4.79 Å². The van der Waals surface area contributed by atoms with Crippen molar-refractivity contribution in [2.75, 3.05) is 0 Å². The van der Waals surface area contributed by atoms with Gasteiger partial charge in [0, 0.05) is 10.1 Å². The molecule has 0 aliphatic carbocycles. The quantitative estimate of drug-likeness (QED) is 0.486. The number of nitrogens with zero attached hydrogens (tertiary/aromatic N) is 1. The minimum Gasteiger partial charge on any atom is -0.266 e. The van der Waals surface area contributed by atoms with Gasteiger partial charge in [-0.2, -0.15) is 5.10 Å². The molecule has 2 heterocycles. The lowest BCUT2D eigenvalue weighted by atomic mass is 10.2. The molecule has 0 unspecified atom stereocenters. The van der Waals surface area contributed by atoms with Crippen molar-refractivity contribution >= 4 is 67.6 Å². The summed E-state index contributed by atoms with van der Waals surface area (Å²) in [7, 11) is 0. The lowest BCUT2D eigenvalue weighted by Gasteiger charge is -1.99. The summed E-state index contributed by atoms with van der Waals surface area (Å²) >= 11 is 14.9. The molecule has 3 nitrogen and oxygen atoms in total. The number of hydrazone groups is 1. The molecule has 22 heavy (non-hydrogen) atoms. The van der Waals surface area contributed by atoms with Crippen LogP contribution in [0, 0.1) is 0 Å². The highest BCUT2D eigenvalue weighted by molar-refractivity contribution is 7.21. The van der Waals surface area contributed by atoms with E-state index in [4.69, 9.17) is 23.2 Å². The van der Waals surface area contributed by atoms with Crippen molar-refractivity contribution in [3.8, 4) is 0 Å². The molecule has 1 aromatic carbocycles. The number of benzene rings is 1. The molecule has 0 fully saturated rings. The first kappa shape index (κ1) is 15.5. The number of carbonyl (C=O) groups is 1. The molecular formula is C15H10Cl2N2OS2. The number of rotatable bonds is 3. The fourth-order valence-corrected chi connectivity index (χ4v) is 4.30. The van der Waals surface area contributed by atoms with E-state index in [0.717, 1.165) is 15.0 Å². The second-order valence-electron chi connectivity index (χ2n) is 4.48. The molecule has 1 N–H and O–H groups in total. The minimum absolute atomic E-state index is 0.312. The van der Waals surface area contributed by atoms with Crippen molar-refractivity contribution in [2.45, 2.75) is 6.92 Å². The molecule has 0 bridgehead atoms. The average molecular weight is 369 g/mol. The second kappa shape index (κ2) is 6.38. The van der Waals surface area contributed by atoms with Crippen molar-refractivity contribution in [2.24, 2.45) is 5.10 Å². The van der Waals surface area contributed by atoms with Crippen molar-refractivity contribution in [1.29, 1.82) is 0 Å². The van der Waals surface area contributed by atoms with E-state index in [2.05, 4.69) is 10.5 Å². The number of nitrogens with one attached hydrogen (secondary N) is 1. The molecule has 3 rings (SSSR count). The fourth-order valence-electron chi connectivity index (χ4n) is 1.91. The van der Waals surface area contributed by atoms with Gasteiger partial charge in [0.1, 0.15) is 4.88 Å². The van der Waals surface area contributed by atoms with Gasteiger partial charge in [-0.1, -0.05) is 41.4 Å². The van der Waals surface area contributed by atoms with Gasteiger partial charge in [-0.15, -0.1) is 22.7 Å². The number of halogens is 2. The van der Waals surface area contributed by atoms with Gasteiger partial charge in [-0.25, -0.2) is 5.43 Å². The monoisotopic (exact) mass is 368 g/mol. The molecule has 0 atom stereocenters. The van der Waals surface area contributed by atoms with Crippen LogP contribution < -0.4 is 5.43 Å². The Morgan fingerprint density at radius 1 is 1.14 bits per heavy atom. The van der Waals surface area contributed by atoms with Gasteiger partial charge >= 0.3 is 0 Å². The predicted molar refractivity (Wildman–Crippen MR) is 95.8 cm³/mol. The number of hydrogen-bond acceptors (Lipinski definition) is 4. The van der Waals surface area contributed by atoms with Gasteiger partial charge < -0.3 is 0 Å². The summed E-state index contributed by atoms with van der Waals surface area (Å²) in [5, 5.41) is 5.45. The fraction of sp³-hybridized carbons (Fsp3) is 0.0667. The molecule has 0 spiro atoms. The first-order valence-corrected chi connectivity index (χ1v) is 8.72. The third-order valence-electron chi connectivity index (χ3n) is 3.00. The first-order chi connectivity index (χ1) is 10.6. The van der Waals surface area contributed by atoms with Gasteiger partial charge in [0.25, 0.3) is 5.91 Å². The van der Waals surface area contributed by atoms with Crippen LogP contribution in [-0.4, -0.2) is 11.6 Å². The van der Waals surface area contributed by atoms with E-state index in [1.165, 1.54) is 22.7 Å². The van der Waals surface area contributed by atoms with Crippen molar-refractivity contribution in [3.05, 3.63) is 55.5 Å². The highest BCUT2D eigenvalue weighted by Gasteiger charge is 2.16. The van der Waals surface area contributed by atoms with E-state index in [0.29, 0.717) is 19.9 Å². The summed E-state index contributed by atoms with van der Waals surface area (Å²) in [5.74, 6) is -0.312. The van der Waals surface area contributed by atoms with Crippen molar-refractivity contribution in [1.82, 2.24) is 5.43 Å². The summed E-state index contributed by atoms with van der Waals surface area (Å²) in [6, 6.07) is 11.3. The topological polar surface area (TPSA) is 41.5 Å². The first-order valence-electron chi connectivity index (χ1n) is 6.33. The standard InChI is InChI=1S/C15H10Cl2N2OS2/c1-8(10-6-7-12(16)21-10)18-19-15(20)14-13(17)9-4-2-3-5-11(9)22-14/h2-7H,1H3,(H,19,20)/b18-8-. The highest BCUT2D eigenvalue weighted by atomic mass is 35.5. The van der Waals surface area contributed by atoms with E-state index in [-0.39, 0.29) is 5.91 Å². The molecule has 3 aromatic rings. The normalized spacial score (nSPS) is 11.9. The molecular weight excluding hydrogens is 359 g/mol. The molecule has 0 aliphatic heterocycles. The molecule has 1 amide bonds. The summed E-state index contributed by atoms with van der Waals surface area (Å²) in [5.41, 5.74) is 3.24. The molecule has 0 aliphatic rings. The second-order valence-corrected chi connectivity index (χ2v) is 7.63. The predicted octanol–water partition coefficient (Wildman–Crippen LogP) is 5.42. The Morgan fingerprint density at radius 2 is 1.91 bits per heavy atom. The van der Waals surface area contributed by atoms with Crippen molar-refractivity contribution in [3.63, 3.8) is 0 Å². The number of fused-ring (bicyclic) bond motifs is 1. The lowest BCUT2D eigenvalue weighted by Crippen LogP contribution is -2.18. The number of carbonyl (C=O) groups excluding carboxylic acids is 1. The summed E-state index contributed by atoms with van der Waals surface area (Å²) in [6.45, 7) is 1.81. The molecule has 0 saturated heterocycles. The molecule has 7 heteroatoms. The Kier molecular flexibility index (Phi) is 4.49. The molecule has 0 radical (unpaired) electrons. The van der Waals surface area contributed by atoms with Crippen molar-refractivity contribution < 1.29 is 4.79 Å². The minimum atomic E-state index is -0.312. The number of amides is 1. The third-order valence-corrected chi connectivity index (χ3v) is 6.01. The Labute approximate surface area is 145 Å². The molecule has 2 aromatic heterocycles. The molecule has 112 valence electrons. The van der Waals surface area contributed by atoms with Gasteiger partial charge in [-0.05, 0) is 25.1 Å². The third kappa shape index (κ3) is 3.03.